The molecule has 0 aromatic heterocycles. The minimum atomic E-state index is -0.420. The Balaban J connectivity index is 2.39. The van der Waals surface area contributed by atoms with Crippen molar-refractivity contribution in [3.8, 4) is 0 Å². The predicted molar refractivity (Wildman–Crippen MR) is 61.0 cm³/mol. The number of nitrogens with zero attached hydrogens (tertiary/aromatic N) is 2. The zero-order valence-electron chi connectivity index (χ0n) is 8.77. The Bertz CT molecular complexity index is 445. The van der Waals surface area contributed by atoms with E-state index in [1.54, 1.807) is 12.4 Å². The summed E-state index contributed by atoms with van der Waals surface area (Å²) in [5.41, 5.74) is 3.64. The average Bonchev–Trinajstić information content (AvgIpc) is 2.24. The number of hydrogen-bond acceptors (Lipinski definition) is 1. The number of carbonyl (C=O) groups excluding carboxylic acids is 1. The molecule has 0 radical (unpaired) electrons. The van der Waals surface area contributed by atoms with Crippen LogP contribution in [0.25, 0.3) is 0 Å². The Labute approximate surface area is 88.6 Å². The molecular formula is C12H12N2O. The van der Waals surface area contributed by atoms with Crippen molar-refractivity contribution in [2.75, 3.05) is 0 Å². The average molecular weight is 200 g/mol. The summed E-state index contributed by atoms with van der Waals surface area (Å²) < 4.78 is 0. The highest BCUT2D eigenvalue weighted by Gasteiger charge is 2.14. The van der Waals surface area contributed by atoms with E-state index in [2.05, 4.69) is 29.9 Å². The fourth-order valence-corrected chi connectivity index (χ4v) is 1.66. The van der Waals surface area contributed by atoms with Gasteiger partial charge in [-0.2, -0.15) is 0 Å². The first-order chi connectivity index (χ1) is 7.18. The van der Waals surface area contributed by atoms with Crippen molar-refractivity contribution in [1.29, 1.82) is 0 Å². The molecule has 0 saturated heterocycles. The van der Waals surface area contributed by atoms with Crippen LogP contribution in [0.3, 0.4) is 0 Å². The summed E-state index contributed by atoms with van der Waals surface area (Å²) in [7, 11) is 0. The van der Waals surface area contributed by atoms with Gasteiger partial charge in [0.25, 0.3) is 0 Å². The van der Waals surface area contributed by atoms with E-state index in [-0.39, 0.29) is 5.92 Å². The summed E-state index contributed by atoms with van der Waals surface area (Å²) in [4.78, 5) is 18.2. The lowest BCUT2D eigenvalue weighted by atomic mass is 9.93. The van der Waals surface area contributed by atoms with Crippen LogP contribution in [0.2, 0.25) is 0 Å². The molecular weight excluding hydrogens is 188 g/mol. The van der Waals surface area contributed by atoms with Gasteiger partial charge in [0.15, 0.2) is 0 Å². The summed E-state index contributed by atoms with van der Waals surface area (Å²) in [6.07, 6.45) is 3.30. The lowest BCUT2D eigenvalue weighted by Gasteiger charge is -2.13. The van der Waals surface area contributed by atoms with E-state index >= 15 is 0 Å². The lowest BCUT2D eigenvalue weighted by Crippen LogP contribution is -2.10. The van der Waals surface area contributed by atoms with E-state index in [0.717, 1.165) is 5.56 Å². The molecule has 0 fully saturated rings. The van der Waals surface area contributed by atoms with Gasteiger partial charge in [0.2, 0.25) is 0 Å². The fourth-order valence-electron chi connectivity index (χ4n) is 1.66. The second-order valence-corrected chi connectivity index (χ2v) is 3.65. The van der Waals surface area contributed by atoms with Gasteiger partial charge >= 0.3 is 6.03 Å². The molecule has 3 nitrogen and oxygen atoms in total. The molecule has 1 aliphatic rings. The molecule has 2 amide bonds. The van der Waals surface area contributed by atoms with Crippen molar-refractivity contribution >= 4 is 18.5 Å². The molecule has 0 bridgehead atoms. The Hall–Kier alpha value is -1.77. The van der Waals surface area contributed by atoms with Gasteiger partial charge in [0, 0.05) is 12.4 Å². The number of benzene rings is 1. The second kappa shape index (κ2) is 3.77. The number of amides is 2. The minimum Gasteiger partial charge on any atom is -0.244 e. The van der Waals surface area contributed by atoms with Crippen LogP contribution in [-0.4, -0.2) is 18.5 Å². The zero-order valence-corrected chi connectivity index (χ0v) is 8.77. The normalized spacial score (nSPS) is 16.0. The van der Waals surface area contributed by atoms with Gasteiger partial charge in [-0.15, -0.1) is 0 Å². The Morgan fingerprint density at radius 3 is 2.47 bits per heavy atom. The van der Waals surface area contributed by atoms with Gasteiger partial charge in [0.1, 0.15) is 0 Å². The smallest absolute Gasteiger partial charge is 0.244 e. The van der Waals surface area contributed by atoms with Crippen LogP contribution in [0.1, 0.15) is 22.6 Å². The molecule has 0 aliphatic carbocycles. The van der Waals surface area contributed by atoms with E-state index in [1.807, 2.05) is 12.1 Å². The molecule has 15 heavy (non-hydrogen) atoms. The quantitative estimate of drug-likeness (QED) is 0.687. The number of hydrogen-bond donors (Lipinski definition) is 0. The first-order valence-electron chi connectivity index (χ1n) is 4.87. The maximum Gasteiger partial charge on any atom is 0.366 e. The Morgan fingerprint density at radius 1 is 1.13 bits per heavy atom. The number of urea groups is 1. The van der Waals surface area contributed by atoms with Gasteiger partial charge in [-0.3, -0.25) is 0 Å². The van der Waals surface area contributed by atoms with Gasteiger partial charge in [0.05, 0.1) is 5.92 Å². The Kier molecular flexibility index (Phi) is 2.46. The van der Waals surface area contributed by atoms with E-state index in [0.29, 0.717) is 0 Å². The van der Waals surface area contributed by atoms with Crippen LogP contribution >= 0.6 is 0 Å². The lowest BCUT2D eigenvalue weighted by molar-refractivity contribution is 0.257. The molecule has 3 heteroatoms. The van der Waals surface area contributed by atoms with Crippen LogP contribution in [0, 0.1) is 13.8 Å². The van der Waals surface area contributed by atoms with Gasteiger partial charge in [-0.25, -0.2) is 14.8 Å². The first-order valence-corrected chi connectivity index (χ1v) is 4.87. The standard InChI is InChI=1S/C12H12N2O/c1-8-4-3-5-11(9(8)2)10-6-13-12(15)14-7-10/h3-7,10H,1-2H3. The molecule has 0 unspecified atom stereocenters. The van der Waals surface area contributed by atoms with E-state index < -0.39 is 6.03 Å². The van der Waals surface area contributed by atoms with Crippen molar-refractivity contribution in [1.82, 2.24) is 0 Å². The molecule has 1 aliphatic heterocycles. The predicted octanol–water partition coefficient (Wildman–Crippen LogP) is 2.66. The summed E-state index contributed by atoms with van der Waals surface area (Å²) in [5.74, 6) is 0.0302. The highest BCUT2D eigenvalue weighted by Crippen LogP contribution is 2.21. The van der Waals surface area contributed by atoms with Crippen molar-refractivity contribution in [3.05, 3.63) is 34.9 Å². The van der Waals surface area contributed by atoms with Crippen LogP contribution < -0.4 is 0 Å². The molecule has 0 saturated carbocycles. The van der Waals surface area contributed by atoms with E-state index in [1.165, 1.54) is 11.1 Å². The van der Waals surface area contributed by atoms with Crippen molar-refractivity contribution in [2.45, 2.75) is 19.8 Å². The van der Waals surface area contributed by atoms with Gasteiger partial charge in [-0.05, 0) is 30.5 Å². The number of rotatable bonds is 1. The number of aliphatic imine (C=N–C) groups is 2. The van der Waals surface area contributed by atoms with Crippen molar-refractivity contribution in [2.24, 2.45) is 9.98 Å². The third-order valence-electron chi connectivity index (χ3n) is 2.70. The third kappa shape index (κ3) is 1.86. The van der Waals surface area contributed by atoms with Crippen LogP contribution in [0.4, 0.5) is 4.79 Å². The maximum atomic E-state index is 10.8. The summed E-state index contributed by atoms with van der Waals surface area (Å²) in [6, 6.07) is 5.70. The Morgan fingerprint density at radius 2 is 1.80 bits per heavy atom. The topological polar surface area (TPSA) is 41.8 Å². The molecule has 1 aromatic carbocycles. The largest absolute Gasteiger partial charge is 0.366 e. The van der Waals surface area contributed by atoms with Gasteiger partial charge < -0.3 is 0 Å². The fraction of sp³-hybridized carbons (Fsp3) is 0.250. The second-order valence-electron chi connectivity index (χ2n) is 3.65. The molecule has 76 valence electrons. The summed E-state index contributed by atoms with van der Waals surface area (Å²) in [5, 5.41) is 0. The van der Waals surface area contributed by atoms with Crippen molar-refractivity contribution in [3.63, 3.8) is 0 Å². The molecule has 0 N–H and O–H groups in total. The summed E-state index contributed by atoms with van der Waals surface area (Å²) in [6.45, 7) is 4.14. The molecule has 0 spiro atoms. The van der Waals surface area contributed by atoms with Crippen LogP contribution in [0.5, 0.6) is 0 Å². The SMILES string of the molecule is Cc1cccc(C2C=NC(=O)N=C2)c1C. The minimum absolute atomic E-state index is 0.0302. The van der Waals surface area contributed by atoms with Gasteiger partial charge in [-0.1, -0.05) is 18.2 Å². The van der Waals surface area contributed by atoms with Crippen molar-refractivity contribution < 1.29 is 4.79 Å². The van der Waals surface area contributed by atoms with Crippen LogP contribution in [-0.2, 0) is 0 Å². The molecule has 2 rings (SSSR count). The third-order valence-corrected chi connectivity index (χ3v) is 2.70. The van der Waals surface area contributed by atoms with Crippen LogP contribution in [0.15, 0.2) is 28.2 Å². The monoisotopic (exact) mass is 200 g/mol. The highest BCUT2D eigenvalue weighted by molar-refractivity contribution is 6.04. The highest BCUT2D eigenvalue weighted by atomic mass is 16.2. The first kappa shape index (κ1) is 9.77. The molecule has 1 aromatic rings. The maximum absolute atomic E-state index is 10.8. The summed E-state index contributed by atoms with van der Waals surface area (Å²) >= 11 is 0. The van der Waals surface area contributed by atoms with E-state index in [4.69, 9.17) is 0 Å². The van der Waals surface area contributed by atoms with E-state index in [9.17, 15) is 4.79 Å². The number of carbonyl (C=O) groups is 1. The zero-order chi connectivity index (χ0) is 10.8. The molecule has 1 heterocycles. The number of aryl methyl sites for hydroxylation is 1. The molecule has 0 atom stereocenters.